The topological polar surface area (TPSA) is 65.2 Å². The van der Waals surface area contributed by atoms with Gasteiger partial charge in [0.25, 0.3) is 0 Å². The van der Waals surface area contributed by atoms with E-state index in [1.165, 1.54) is 23.5 Å². The minimum Gasteiger partial charge on any atom is -0.356 e. The number of carbonyl (C=O) groups excluding carboxylic acids is 1. The second-order valence-corrected chi connectivity index (χ2v) is 5.82. The van der Waals surface area contributed by atoms with E-state index in [0.717, 1.165) is 36.2 Å². The first-order valence-electron chi connectivity index (χ1n) is 8.42. The summed E-state index contributed by atoms with van der Waals surface area (Å²) in [6, 6.07) is 12.1. The Hall–Kier alpha value is -2.40. The first-order chi connectivity index (χ1) is 11.7. The minimum absolute atomic E-state index is 0.0307. The summed E-state index contributed by atoms with van der Waals surface area (Å²) < 4.78 is 0.958. The number of aromatic nitrogens is 1. The fourth-order valence-corrected chi connectivity index (χ4v) is 2.50. The van der Waals surface area contributed by atoms with E-state index in [0.29, 0.717) is 6.54 Å². The monoisotopic (exact) mass is 328 g/mol. The molecule has 5 nitrogen and oxygen atoms in total. The van der Waals surface area contributed by atoms with Gasteiger partial charge in [0, 0.05) is 29.4 Å². The highest BCUT2D eigenvalue weighted by molar-refractivity contribution is 5.78. The highest BCUT2D eigenvalue weighted by Gasteiger charge is 2.06. The molecule has 0 radical (unpaired) electrons. The van der Waals surface area contributed by atoms with Crippen LogP contribution in [0.4, 0.5) is 0 Å². The van der Waals surface area contributed by atoms with Crippen LogP contribution in [0, 0.1) is 0 Å². The normalized spacial score (nSPS) is 10.5. The van der Waals surface area contributed by atoms with E-state index in [1.54, 1.807) is 6.07 Å². The number of hydrogen-bond donors (Lipinski definition) is 3. The Kier molecular flexibility index (Phi) is 7.23. The molecular weight excluding hydrogens is 302 g/mol. The van der Waals surface area contributed by atoms with Crippen LogP contribution < -0.4 is 15.4 Å². The summed E-state index contributed by atoms with van der Waals surface area (Å²) in [5.41, 5.74) is 3.43. The first-order valence-corrected chi connectivity index (χ1v) is 8.42. The third kappa shape index (κ3) is 6.38. The van der Waals surface area contributed by atoms with Crippen molar-refractivity contribution in [1.82, 2.24) is 10.6 Å². The number of carbonyl (C=O) groups is 1. The Bertz CT molecular complexity index is 659. The van der Waals surface area contributed by atoms with Crippen molar-refractivity contribution in [3.8, 4) is 0 Å². The van der Waals surface area contributed by atoms with E-state index in [-0.39, 0.29) is 12.3 Å². The predicted octanol–water partition coefficient (Wildman–Crippen LogP) is 1.61. The molecule has 0 aliphatic rings. The molecule has 2 aromatic rings. The summed E-state index contributed by atoms with van der Waals surface area (Å²) in [5.74, 6) is -0.0307. The summed E-state index contributed by atoms with van der Waals surface area (Å²) >= 11 is 0. The molecular formula is C19H26N3O2+. The summed E-state index contributed by atoms with van der Waals surface area (Å²) in [6.07, 6.45) is 5.26. The van der Waals surface area contributed by atoms with E-state index in [9.17, 15) is 10.0 Å². The second kappa shape index (κ2) is 9.67. The van der Waals surface area contributed by atoms with Gasteiger partial charge in [0.1, 0.15) is 0 Å². The van der Waals surface area contributed by atoms with Crippen molar-refractivity contribution in [3.05, 3.63) is 65.5 Å². The van der Waals surface area contributed by atoms with Crippen molar-refractivity contribution in [2.75, 3.05) is 13.1 Å². The van der Waals surface area contributed by atoms with Gasteiger partial charge in [-0.05, 0) is 36.6 Å². The average Bonchev–Trinajstić information content (AvgIpc) is 2.58. The maximum atomic E-state index is 11.8. The van der Waals surface area contributed by atoms with Gasteiger partial charge in [0.15, 0.2) is 0 Å². The van der Waals surface area contributed by atoms with E-state index in [1.807, 2.05) is 6.07 Å². The van der Waals surface area contributed by atoms with Crippen molar-refractivity contribution < 1.29 is 14.7 Å². The van der Waals surface area contributed by atoms with E-state index in [2.05, 4.69) is 41.8 Å². The SMILES string of the molecule is CCc1cccc(CNCCCNC(=O)Cc2ccc[n+](O)c2)c1. The van der Waals surface area contributed by atoms with Gasteiger partial charge in [0.2, 0.25) is 18.3 Å². The molecule has 0 saturated heterocycles. The van der Waals surface area contributed by atoms with Gasteiger partial charge in [-0.1, -0.05) is 31.2 Å². The standard InChI is InChI=1S/C19H25N3O2/c1-2-16-6-3-7-17(12-16)14-20-9-5-10-21-19(23)13-18-8-4-11-22(24)15-18/h3-4,6-8,11-12,15,20H,2,5,9-10,13-14H2,1H3,(H-,21,23,24)/p+1. The van der Waals surface area contributed by atoms with Gasteiger partial charge < -0.3 is 10.6 Å². The maximum absolute atomic E-state index is 11.8. The van der Waals surface area contributed by atoms with E-state index < -0.39 is 0 Å². The van der Waals surface area contributed by atoms with Crippen LogP contribution in [0.25, 0.3) is 0 Å². The molecule has 5 heteroatoms. The summed E-state index contributed by atoms with van der Waals surface area (Å²) in [6.45, 7) is 4.51. The lowest BCUT2D eigenvalue weighted by Gasteiger charge is -2.07. The molecule has 0 atom stereocenters. The maximum Gasteiger partial charge on any atom is 0.225 e. The molecule has 0 saturated carbocycles. The molecule has 24 heavy (non-hydrogen) atoms. The average molecular weight is 328 g/mol. The van der Waals surface area contributed by atoms with Crippen LogP contribution in [0.5, 0.6) is 0 Å². The number of aryl methyl sites for hydroxylation is 1. The molecule has 1 aromatic carbocycles. The second-order valence-electron chi connectivity index (χ2n) is 5.82. The molecule has 1 aromatic heterocycles. The summed E-state index contributed by atoms with van der Waals surface area (Å²) in [4.78, 5) is 11.8. The van der Waals surface area contributed by atoms with Gasteiger partial charge in [-0.2, -0.15) is 0 Å². The number of hydrogen-bond acceptors (Lipinski definition) is 3. The van der Waals surface area contributed by atoms with Gasteiger partial charge in [-0.3, -0.25) is 10.0 Å². The van der Waals surface area contributed by atoms with Crippen LogP contribution in [-0.2, 0) is 24.2 Å². The number of nitrogens with one attached hydrogen (secondary N) is 2. The molecule has 3 N–H and O–H groups in total. The molecule has 0 aliphatic heterocycles. The molecule has 1 amide bonds. The zero-order valence-electron chi connectivity index (χ0n) is 14.2. The van der Waals surface area contributed by atoms with Crippen LogP contribution in [0.1, 0.15) is 30.0 Å². The van der Waals surface area contributed by atoms with Crippen LogP contribution in [0.2, 0.25) is 0 Å². The third-order valence-electron chi connectivity index (χ3n) is 3.79. The Morgan fingerprint density at radius 2 is 1.92 bits per heavy atom. The Morgan fingerprint density at radius 3 is 2.71 bits per heavy atom. The minimum atomic E-state index is -0.0307. The highest BCUT2D eigenvalue weighted by atomic mass is 16.5. The van der Waals surface area contributed by atoms with Crippen LogP contribution in [0.3, 0.4) is 0 Å². The largest absolute Gasteiger partial charge is 0.356 e. The van der Waals surface area contributed by atoms with Crippen molar-refractivity contribution in [2.45, 2.75) is 32.7 Å². The van der Waals surface area contributed by atoms with Crippen molar-refractivity contribution in [1.29, 1.82) is 0 Å². The zero-order chi connectivity index (χ0) is 17.2. The van der Waals surface area contributed by atoms with Gasteiger partial charge in [-0.15, -0.1) is 0 Å². The summed E-state index contributed by atoms with van der Waals surface area (Å²) in [5, 5.41) is 15.6. The number of rotatable bonds is 9. The van der Waals surface area contributed by atoms with Gasteiger partial charge >= 0.3 is 0 Å². The lowest BCUT2D eigenvalue weighted by molar-refractivity contribution is -0.905. The van der Waals surface area contributed by atoms with Crippen LogP contribution in [0.15, 0.2) is 48.8 Å². The Labute approximate surface area is 143 Å². The molecule has 2 rings (SSSR count). The smallest absolute Gasteiger partial charge is 0.225 e. The van der Waals surface area contributed by atoms with E-state index >= 15 is 0 Å². The predicted molar refractivity (Wildman–Crippen MR) is 92.7 cm³/mol. The van der Waals surface area contributed by atoms with Crippen molar-refractivity contribution in [3.63, 3.8) is 0 Å². The fraction of sp³-hybridized carbons (Fsp3) is 0.368. The van der Waals surface area contributed by atoms with Crippen molar-refractivity contribution >= 4 is 5.91 Å². The highest BCUT2D eigenvalue weighted by Crippen LogP contribution is 2.05. The molecule has 1 heterocycles. The van der Waals surface area contributed by atoms with Gasteiger partial charge in [0.05, 0.1) is 6.42 Å². The number of pyridine rings is 1. The Morgan fingerprint density at radius 1 is 1.12 bits per heavy atom. The molecule has 0 unspecified atom stereocenters. The number of nitrogens with zero attached hydrogens (tertiary/aromatic N) is 1. The summed E-state index contributed by atoms with van der Waals surface area (Å²) in [7, 11) is 0. The van der Waals surface area contributed by atoms with Crippen molar-refractivity contribution in [2.24, 2.45) is 0 Å². The molecule has 0 spiro atoms. The molecule has 0 bridgehead atoms. The zero-order valence-corrected chi connectivity index (χ0v) is 14.2. The first kappa shape index (κ1) is 17.9. The molecule has 0 aliphatic carbocycles. The third-order valence-corrected chi connectivity index (χ3v) is 3.79. The molecule has 0 fully saturated rings. The number of amides is 1. The van der Waals surface area contributed by atoms with Gasteiger partial charge in [-0.25, -0.2) is 0 Å². The quantitative estimate of drug-likeness (QED) is 0.372. The van der Waals surface area contributed by atoms with Crippen LogP contribution in [-0.4, -0.2) is 24.2 Å². The molecule has 128 valence electrons. The lowest BCUT2D eigenvalue weighted by Crippen LogP contribution is -2.31. The van der Waals surface area contributed by atoms with E-state index in [4.69, 9.17) is 0 Å². The number of benzene rings is 1. The Balaban J connectivity index is 1.58. The lowest BCUT2D eigenvalue weighted by atomic mass is 10.1. The van der Waals surface area contributed by atoms with Crippen LogP contribution >= 0.6 is 0 Å². The fourth-order valence-electron chi connectivity index (χ4n) is 2.50.